The van der Waals surface area contributed by atoms with E-state index >= 15 is 0 Å². The highest BCUT2D eigenvalue weighted by atomic mass is 16.5. The van der Waals surface area contributed by atoms with E-state index in [1.807, 2.05) is 11.8 Å². The molecule has 1 fully saturated rings. The van der Waals surface area contributed by atoms with Gasteiger partial charge < -0.3 is 9.64 Å². The maximum atomic E-state index is 11.9. The second-order valence-corrected chi connectivity index (χ2v) is 4.69. The van der Waals surface area contributed by atoms with Crippen molar-refractivity contribution in [3.8, 4) is 0 Å². The van der Waals surface area contributed by atoms with Crippen molar-refractivity contribution in [3.63, 3.8) is 0 Å². The Balaban J connectivity index is 2.30. The van der Waals surface area contributed by atoms with E-state index in [0.717, 1.165) is 45.4 Å². The Hall–Kier alpha value is -0.610. The third kappa shape index (κ3) is 4.28. The normalized spacial score (nSPS) is 24.6. The summed E-state index contributed by atoms with van der Waals surface area (Å²) >= 11 is 0. The number of amides is 1. The van der Waals surface area contributed by atoms with Gasteiger partial charge in [-0.1, -0.05) is 20.3 Å². The van der Waals surface area contributed by atoms with Gasteiger partial charge in [0.15, 0.2) is 0 Å². The molecular formula is C13H26N2O2. The molecule has 0 aromatic heterocycles. The topological polar surface area (TPSA) is 41.6 Å². The predicted molar refractivity (Wildman–Crippen MR) is 68.7 cm³/mol. The standard InChI is InChI=1S/C13H26N2O2/c1-4-7-12-14-11(3)13(16)15(12)8-6-10-17-9-5-2/h11-12,14H,4-10H2,1-3H3. The van der Waals surface area contributed by atoms with Crippen LogP contribution in [0, 0.1) is 0 Å². The number of nitrogens with zero attached hydrogens (tertiary/aromatic N) is 1. The maximum absolute atomic E-state index is 11.9. The molecule has 1 aliphatic heterocycles. The van der Waals surface area contributed by atoms with Crippen molar-refractivity contribution in [3.05, 3.63) is 0 Å². The molecule has 0 aromatic rings. The van der Waals surface area contributed by atoms with Crippen LogP contribution in [0.5, 0.6) is 0 Å². The summed E-state index contributed by atoms with van der Waals surface area (Å²) < 4.78 is 5.44. The van der Waals surface area contributed by atoms with Crippen LogP contribution in [0.25, 0.3) is 0 Å². The molecule has 1 amide bonds. The SMILES string of the molecule is CCCOCCCN1C(=O)C(C)NC1CCC. The van der Waals surface area contributed by atoms with Crippen LogP contribution < -0.4 is 5.32 Å². The second-order valence-electron chi connectivity index (χ2n) is 4.69. The average Bonchev–Trinajstić information content (AvgIpc) is 2.57. The molecule has 17 heavy (non-hydrogen) atoms. The number of carbonyl (C=O) groups is 1. The maximum Gasteiger partial charge on any atom is 0.240 e. The minimum atomic E-state index is -0.0249. The van der Waals surface area contributed by atoms with E-state index in [4.69, 9.17) is 4.74 Å². The van der Waals surface area contributed by atoms with E-state index in [9.17, 15) is 4.79 Å². The molecule has 0 aromatic carbocycles. The van der Waals surface area contributed by atoms with E-state index in [1.54, 1.807) is 0 Å². The average molecular weight is 242 g/mol. The van der Waals surface area contributed by atoms with Gasteiger partial charge in [0.05, 0.1) is 12.2 Å². The van der Waals surface area contributed by atoms with E-state index in [0.29, 0.717) is 0 Å². The van der Waals surface area contributed by atoms with Gasteiger partial charge in [0.25, 0.3) is 0 Å². The third-order valence-corrected chi connectivity index (χ3v) is 3.07. The van der Waals surface area contributed by atoms with Crippen LogP contribution in [0.4, 0.5) is 0 Å². The lowest BCUT2D eigenvalue weighted by Crippen LogP contribution is -2.38. The minimum absolute atomic E-state index is 0.0249. The molecule has 0 spiro atoms. The van der Waals surface area contributed by atoms with Crippen LogP contribution in [0.2, 0.25) is 0 Å². The highest BCUT2D eigenvalue weighted by Crippen LogP contribution is 2.15. The molecule has 1 aliphatic rings. The Bertz CT molecular complexity index is 233. The summed E-state index contributed by atoms with van der Waals surface area (Å²) in [6.45, 7) is 8.58. The Labute approximate surface area is 105 Å². The van der Waals surface area contributed by atoms with E-state index in [1.165, 1.54) is 0 Å². The van der Waals surface area contributed by atoms with Gasteiger partial charge in [0.1, 0.15) is 0 Å². The van der Waals surface area contributed by atoms with Crippen molar-refractivity contribution in [2.24, 2.45) is 0 Å². The lowest BCUT2D eigenvalue weighted by atomic mass is 10.2. The van der Waals surface area contributed by atoms with Crippen molar-refractivity contribution in [2.75, 3.05) is 19.8 Å². The Kier molecular flexibility index (Phi) is 6.52. The molecule has 0 aliphatic carbocycles. The van der Waals surface area contributed by atoms with Gasteiger partial charge in [-0.05, 0) is 26.2 Å². The van der Waals surface area contributed by atoms with E-state index < -0.39 is 0 Å². The fourth-order valence-corrected chi connectivity index (χ4v) is 2.21. The largest absolute Gasteiger partial charge is 0.381 e. The van der Waals surface area contributed by atoms with Gasteiger partial charge in [0, 0.05) is 19.8 Å². The van der Waals surface area contributed by atoms with Crippen LogP contribution in [0.1, 0.15) is 46.5 Å². The lowest BCUT2D eigenvalue weighted by Gasteiger charge is -2.23. The summed E-state index contributed by atoms with van der Waals surface area (Å²) in [6, 6.07) is -0.0249. The van der Waals surface area contributed by atoms with Crippen LogP contribution in [0.3, 0.4) is 0 Å². The molecule has 4 nitrogen and oxygen atoms in total. The first-order valence-electron chi connectivity index (χ1n) is 6.85. The molecule has 1 N–H and O–H groups in total. The Morgan fingerprint density at radius 2 is 2.06 bits per heavy atom. The zero-order chi connectivity index (χ0) is 12.7. The smallest absolute Gasteiger partial charge is 0.240 e. The van der Waals surface area contributed by atoms with E-state index in [-0.39, 0.29) is 18.1 Å². The molecule has 2 atom stereocenters. The second kappa shape index (κ2) is 7.67. The molecular weight excluding hydrogens is 216 g/mol. The highest BCUT2D eigenvalue weighted by molar-refractivity contribution is 5.83. The van der Waals surface area contributed by atoms with Crippen molar-refractivity contribution in [2.45, 2.75) is 58.7 Å². The lowest BCUT2D eigenvalue weighted by molar-refractivity contribution is -0.130. The number of hydrogen-bond acceptors (Lipinski definition) is 3. The molecule has 0 radical (unpaired) electrons. The molecule has 1 heterocycles. The molecule has 100 valence electrons. The monoisotopic (exact) mass is 242 g/mol. The first kappa shape index (κ1) is 14.5. The van der Waals surface area contributed by atoms with Gasteiger partial charge in [-0.15, -0.1) is 0 Å². The zero-order valence-corrected chi connectivity index (χ0v) is 11.4. The minimum Gasteiger partial charge on any atom is -0.381 e. The Morgan fingerprint density at radius 3 is 2.71 bits per heavy atom. The van der Waals surface area contributed by atoms with Crippen LogP contribution >= 0.6 is 0 Å². The van der Waals surface area contributed by atoms with Crippen LogP contribution in [-0.2, 0) is 9.53 Å². The number of nitrogens with one attached hydrogen (secondary N) is 1. The third-order valence-electron chi connectivity index (χ3n) is 3.07. The predicted octanol–water partition coefficient (Wildman–Crippen LogP) is 1.75. The molecule has 1 saturated heterocycles. The first-order chi connectivity index (χ1) is 8.20. The summed E-state index contributed by atoms with van der Waals surface area (Å²) in [5.74, 6) is 0.235. The highest BCUT2D eigenvalue weighted by Gasteiger charge is 2.34. The molecule has 4 heteroatoms. The first-order valence-corrected chi connectivity index (χ1v) is 6.85. The number of rotatable bonds is 8. The van der Waals surface area contributed by atoms with Gasteiger partial charge in [-0.3, -0.25) is 10.1 Å². The van der Waals surface area contributed by atoms with Crippen molar-refractivity contribution < 1.29 is 9.53 Å². The summed E-state index contributed by atoms with van der Waals surface area (Å²) in [5, 5.41) is 3.34. The fourth-order valence-electron chi connectivity index (χ4n) is 2.21. The van der Waals surface area contributed by atoms with Crippen molar-refractivity contribution >= 4 is 5.91 Å². The summed E-state index contributed by atoms with van der Waals surface area (Å²) in [6.07, 6.45) is 4.35. The molecule has 0 saturated carbocycles. The Morgan fingerprint density at radius 1 is 1.29 bits per heavy atom. The van der Waals surface area contributed by atoms with Crippen LogP contribution in [-0.4, -0.2) is 42.8 Å². The summed E-state index contributed by atoms with van der Waals surface area (Å²) in [7, 11) is 0. The van der Waals surface area contributed by atoms with Gasteiger partial charge in [-0.25, -0.2) is 0 Å². The quantitative estimate of drug-likeness (QED) is 0.659. The van der Waals surface area contributed by atoms with Gasteiger partial charge in [0.2, 0.25) is 5.91 Å². The molecule has 2 unspecified atom stereocenters. The summed E-state index contributed by atoms with van der Waals surface area (Å²) in [4.78, 5) is 13.9. The fraction of sp³-hybridized carbons (Fsp3) is 0.923. The number of hydrogen-bond donors (Lipinski definition) is 1. The zero-order valence-electron chi connectivity index (χ0n) is 11.4. The molecule has 1 rings (SSSR count). The van der Waals surface area contributed by atoms with Gasteiger partial charge in [-0.2, -0.15) is 0 Å². The number of ether oxygens (including phenoxy) is 1. The molecule has 0 bridgehead atoms. The van der Waals surface area contributed by atoms with Crippen molar-refractivity contribution in [1.29, 1.82) is 0 Å². The van der Waals surface area contributed by atoms with Crippen molar-refractivity contribution in [1.82, 2.24) is 10.2 Å². The van der Waals surface area contributed by atoms with E-state index in [2.05, 4.69) is 19.2 Å². The van der Waals surface area contributed by atoms with Gasteiger partial charge >= 0.3 is 0 Å². The number of carbonyl (C=O) groups excluding carboxylic acids is 1. The summed E-state index contributed by atoms with van der Waals surface area (Å²) in [5.41, 5.74) is 0. The van der Waals surface area contributed by atoms with Crippen LogP contribution in [0.15, 0.2) is 0 Å².